The first kappa shape index (κ1) is 18.1. The number of hydrogen-bond donors (Lipinski definition) is 0. The van der Waals surface area contributed by atoms with Crippen LogP contribution in [0.4, 0.5) is 0 Å². The number of amides is 2. The van der Waals surface area contributed by atoms with Crippen LogP contribution in [0.2, 0.25) is 0 Å². The number of carbonyl (C=O) groups excluding carboxylic acids is 3. The zero-order valence-corrected chi connectivity index (χ0v) is 16.1. The largest absolute Gasteiger partial charge is 0.368 e. The van der Waals surface area contributed by atoms with E-state index in [1.165, 1.54) is 0 Å². The highest BCUT2D eigenvalue weighted by Gasteiger charge is 2.32. The molecule has 2 amide bonds. The third-order valence-corrected chi connectivity index (χ3v) is 6.06. The fraction of sp³-hybridized carbons (Fsp3) is 0.348. The summed E-state index contributed by atoms with van der Waals surface area (Å²) in [5, 5.41) is 0. The lowest BCUT2D eigenvalue weighted by Gasteiger charge is -2.35. The first-order chi connectivity index (χ1) is 14.1. The number of ether oxygens (including phenoxy) is 1. The molecule has 2 saturated heterocycles. The average Bonchev–Trinajstić information content (AvgIpc) is 3.41. The summed E-state index contributed by atoms with van der Waals surface area (Å²) in [6.07, 6.45) is 1.39. The number of ketones is 1. The van der Waals surface area contributed by atoms with E-state index in [2.05, 4.69) is 0 Å². The Kier molecular flexibility index (Phi) is 4.43. The lowest BCUT2D eigenvalue weighted by Crippen LogP contribution is -2.52. The van der Waals surface area contributed by atoms with Crippen molar-refractivity contribution in [2.75, 3.05) is 32.8 Å². The minimum atomic E-state index is -0.318. The molecule has 2 fully saturated rings. The van der Waals surface area contributed by atoms with Crippen LogP contribution in [-0.4, -0.2) is 66.3 Å². The van der Waals surface area contributed by atoms with Gasteiger partial charge in [-0.05, 0) is 36.1 Å². The van der Waals surface area contributed by atoms with Crippen molar-refractivity contribution in [1.82, 2.24) is 9.80 Å². The second-order valence-electron chi connectivity index (χ2n) is 7.75. The second kappa shape index (κ2) is 7.12. The Bertz CT molecular complexity index is 1000. The van der Waals surface area contributed by atoms with E-state index in [4.69, 9.17) is 4.74 Å². The molecule has 6 heteroatoms. The van der Waals surface area contributed by atoms with E-state index in [9.17, 15) is 14.4 Å². The minimum absolute atomic E-state index is 0.0303. The number of piperazine rings is 1. The van der Waals surface area contributed by atoms with Crippen molar-refractivity contribution in [2.24, 2.45) is 0 Å². The molecular weight excluding hydrogens is 368 g/mol. The predicted octanol–water partition coefficient (Wildman–Crippen LogP) is 2.36. The normalized spacial score (nSPS) is 20.6. The second-order valence-corrected chi connectivity index (χ2v) is 7.75. The monoisotopic (exact) mass is 390 g/mol. The molecule has 6 nitrogen and oxygen atoms in total. The maximum atomic E-state index is 13.0. The van der Waals surface area contributed by atoms with E-state index in [0.29, 0.717) is 49.5 Å². The van der Waals surface area contributed by atoms with E-state index >= 15 is 0 Å². The molecule has 0 saturated carbocycles. The van der Waals surface area contributed by atoms with Gasteiger partial charge < -0.3 is 14.5 Å². The molecule has 5 rings (SSSR count). The maximum Gasteiger partial charge on any atom is 0.253 e. The first-order valence-electron chi connectivity index (χ1n) is 10.1. The van der Waals surface area contributed by atoms with Gasteiger partial charge >= 0.3 is 0 Å². The van der Waals surface area contributed by atoms with Crippen LogP contribution in [0, 0.1) is 0 Å². The molecule has 0 radical (unpaired) electrons. The average molecular weight is 390 g/mol. The molecule has 0 N–H and O–H groups in total. The van der Waals surface area contributed by atoms with Crippen LogP contribution in [0.3, 0.4) is 0 Å². The number of rotatable bonds is 2. The van der Waals surface area contributed by atoms with Crippen molar-refractivity contribution in [3.8, 4) is 11.1 Å². The van der Waals surface area contributed by atoms with Crippen molar-refractivity contribution < 1.29 is 19.1 Å². The van der Waals surface area contributed by atoms with Gasteiger partial charge in [0.25, 0.3) is 11.8 Å². The van der Waals surface area contributed by atoms with Gasteiger partial charge in [-0.2, -0.15) is 0 Å². The van der Waals surface area contributed by atoms with Crippen LogP contribution in [0.1, 0.15) is 39.1 Å². The highest BCUT2D eigenvalue weighted by molar-refractivity contribution is 6.22. The highest BCUT2D eigenvalue weighted by Crippen LogP contribution is 2.36. The summed E-state index contributed by atoms with van der Waals surface area (Å²) >= 11 is 0. The lowest BCUT2D eigenvalue weighted by atomic mass is 10.0. The Balaban J connectivity index is 1.29. The first-order valence-corrected chi connectivity index (χ1v) is 10.1. The molecule has 1 atom stereocenters. The van der Waals surface area contributed by atoms with Crippen LogP contribution in [0.5, 0.6) is 0 Å². The fourth-order valence-electron chi connectivity index (χ4n) is 4.45. The number of nitrogens with zero attached hydrogens (tertiary/aromatic N) is 2. The molecule has 0 spiro atoms. The van der Waals surface area contributed by atoms with Gasteiger partial charge in [0.2, 0.25) is 0 Å². The van der Waals surface area contributed by atoms with Gasteiger partial charge in [-0.3, -0.25) is 14.4 Å². The molecule has 2 aliphatic heterocycles. The van der Waals surface area contributed by atoms with E-state index in [0.717, 1.165) is 24.0 Å². The fourth-order valence-corrected chi connectivity index (χ4v) is 4.45. The van der Waals surface area contributed by atoms with Gasteiger partial charge in [-0.1, -0.05) is 30.3 Å². The Morgan fingerprint density at radius 3 is 2.28 bits per heavy atom. The number of fused-ring (bicyclic) bond motifs is 3. The molecule has 148 valence electrons. The Labute approximate surface area is 169 Å². The third kappa shape index (κ3) is 3.04. The molecule has 1 unspecified atom stereocenters. The molecule has 3 aliphatic rings. The van der Waals surface area contributed by atoms with Crippen LogP contribution < -0.4 is 0 Å². The highest BCUT2D eigenvalue weighted by atomic mass is 16.5. The van der Waals surface area contributed by atoms with Crippen molar-refractivity contribution in [2.45, 2.75) is 18.9 Å². The maximum absolute atomic E-state index is 13.0. The number of hydrogen-bond acceptors (Lipinski definition) is 4. The topological polar surface area (TPSA) is 66.9 Å². The molecule has 0 aromatic heterocycles. The zero-order chi connectivity index (χ0) is 20.0. The van der Waals surface area contributed by atoms with Gasteiger partial charge in [0.05, 0.1) is 0 Å². The summed E-state index contributed by atoms with van der Waals surface area (Å²) < 4.78 is 5.49. The standard InChI is InChI=1S/C23H22N2O4/c26-21-18-5-2-1-4-16(18)17-8-7-15(14-19(17)21)22(27)24-9-11-25(12-10-24)23(28)20-6-3-13-29-20/h1-2,4-5,7-8,14,20H,3,6,9-13H2. The van der Waals surface area contributed by atoms with Gasteiger partial charge in [0, 0.05) is 49.5 Å². The minimum Gasteiger partial charge on any atom is -0.368 e. The quantitative estimate of drug-likeness (QED) is 0.674. The molecule has 29 heavy (non-hydrogen) atoms. The summed E-state index contributed by atoms with van der Waals surface area (Å²) in [7, 11) is 0. The van der Waals surface area contributed by atoms with Crippen molar-refractivity contribution in [1.29, 1.82) is 0 Å². The Hall–Kier alpha value is -2.99. The third-order valence-electron chi connectivity index (χ3n) is 6.06. The van der Waals surface area contributed by atoms with Crippen LogP contribution >= 0.6 is 0 Å². The molecule has 2 aromatic carbocycles. The van der Waals surface area contributed by atoms with Crippen molar-refractivity contribution in [3.05, 3.63) is 59.2 Å². The van der Waals surface area contributed by atoms with Gasteiger partial charge in [-0.15, -0.1) is 0 Å². The molecule has 1 aliphatic carbocycles. The van der Waals surface area contributed by atoms with Crippen LogP contribution in [0.15, 0.2) is 42.5 Å². The molecule has 2 aromatic rings. The molecule has 2 heterocycles. The summed E-state index contributed by atoms with van der Waals surface area (Å²) in [5.41, 5.74) is 3.60. The van der Waals surface area contributed by atoms with Gasteiger partial charge in [0.15, 0.2) is 5.78 Å². The SMILES string of the molecule is O=C1c2ccccc2-c2ccc(C(=O)N3CCN(C(=O)C4CCCO4)CC3)cc21. The van der Waals surface area contributed by atoms with Crippen LogP contribution in [0.25, 0.3) is 11.1 Å². The Morgan fingerprint density at radius 1 is 0.862 bits per heavy atom. The lowest BCUT2D eigenvalue weighted by molar-refractivity contribution is -0.142. The van der Waals surface area contributed by atoms with Crippen LogP contribution in [-0.2, 0) is 9.53 Å². The summed E-state index contributed by atoms with van der Waals surface area (Å²) in [6, 6.07) is 12.9. The molecular formula is C23H22N2O4. The van der Waals surface area contributed by atoms with E-state index in [1.807, 2.05) is 30.3 Å². The number of benzene rings is 2. The number of carbonyl (C=O) groups is 3. The van der Waals surface area contributed by atoms with Crippen molar-refractivity contribution >= 4 is 17.6 Å². The summed E-state index contributed by atoms with van der Waals surface area (Å²) in [4.78, 5) is 41.7. The van der Waals surface area contributed by atoms with E-state index in [-0.39, 0.29) is 23.7 Å². The van der Waals surface area contributed by atoms with Gasteiger partial charge in [0.1, 0.15) is 6.10 Å². The zero-order valence-electron chi connectivity index (χ0n) is 16.1. The summed E-state index contributed by atoms with van der Waals surface area (Å²) in [6.45, 7) is 2.65. The van der Waals surface area contributed by atoms with E-state index < -0.39 is 0 Å². The van der Waals surface area contributed by atoms with Gasteiger partial charge in [-0.25, -0.2) is 0 Å². The van der Waals surface area contributed by atoms with E-state index in [1.54, 1.807) is 21.9 Å². The smallest absolute Gasteiger partial charge is 0.253 e. The van der Waals surface area contributed by atoms with Crippen molar-refractivity contribution in [3.63, 3.8) is 0 Å². The summed E-state index contributed by atoms with van der Waals surface area (Å²) in [5.74, 6) is -0.0894. The Morgan fingerprint density at radius 2 is 1.55 bits per heavy atom. The molecule has 0 bridgehead atoms. The predicted molar refractivity (Wildman–Crippen MR) is 107 cm³/mol.